The average Bonchev–Trinajstić information content (AvgIpc) is 2.99. The van der Waals surface area contributed by atoms with Crippen LogP contribution in [0.4, 0.5) is 0 Å². The number of carbonyl (C=O) groups is 1. The van der Waals surface area contributed by atoms with E-state index in [0.717, 1.165) is 51.4 Å². The lowest BCUT2D eigenvalue weighted by Gasteiger charge is -2.27. The molecule has 0 saturated carbocycles. The second kappa shape index (κ2) is 30.5. The summed E-state index contributed by atoms with van der Waals surface area (Å²) < 4.78 is 0. The molecular formula is C36H63NO5. The molecule has 0 radical (unpaired) electrons. The smallest absolute Gasteiger partial charge is 0.249 e. The molecule has 4 atom stereocenters. The summed E-state index contributed by atoms with van der Waals surface area (Å²) in [5.74, 6) is -0.673. The first-order valence-corrected chi connectivity index (χ1v) is 16.7. The Morgan fingerprint density at radius 2 is 1.14 bits per heavy atom. The first-order valence-electron chi connectivity index (χ1n) is 16.7. The van der Waals surface area contributed by atoms with Crippen molar-refractivity contribution in [2.45, 2.75) is 154 Å². The van der Waals surface area contributed by atoms with E-state index >= 15 is 0 Å². The minimum absolute atomic E-state index is 0.145. The zero-order chi connectivity index (χ0) is 31.1. The lowest BCUT2D eigenvalue weighted by molar-refractivity contribution is -0.132. The van der Waals surface area contributed by atoms with Crippen molar-refractivity contribution < 1.29 is 25.2 Å². The molecule has 1 amide bonds. The number of allylic oxidation sites excluding steroid dienone is 9. The Kier molecular flexibility index (Phi) is 29.0. The van der Waals surface area contributed by atoms with Gasteiger partial charge in [-0.15, -0.1) is 0 Å². The van der Waals surface area contributed by atoms with Gasteiger partial charge in [0.15, 0.2) is 0 Å². The largest absolute Gasteiger partial charge is 0.394 e. The number of rotatable bonds is 28. The number of unbranched alkanes of at least 4 members (excludes halogenated alkanes) is 10. The van der Waals surface area contributed by atoms with Crippen LogP contribution in [0.3, 0.4) is 0 Å². The van der Waals surface area contributed by atoms with Crippen LogP contribution in [0.2, 0.25) is 0 Å². The quantitative estimate of drug-likeness (QED) is 0.0483. The first-order chi connectivity index (χ1) is 20.5. The molecule has 0 rings (SSSR count). The van der Waals surface area contributed by atoms with E-state index in [-0.39, 0.29) is 6.42 Å². The van der Waals surface area contributed by atoms with Gasteiger partial charge in [0.1, 0.15) is 12.2 Å². The minimum Gasteiger partial charge on any atom is -0.394 e. The normalized spacial score (nSPS) is 15.5. The molecule has 0 spiro atoms. The van der Waals surface area contributed by atoms with Crippen LogP contribution in [-0.4, -0.2) is 57.3 Å². The van der Waals surface area contributed by atoms with Gasteiger partial charge in [-0.2, -0.15) is 0 Å². The molecular weight excluding hydrogens is 526 g/mol. The number of aliphatic hydroxyl groups is 4. The van der Waals surface area contributed by atoms with Crippen molar-refractivity contribution in [2.75, 3.05) is 6.61 Å². The first kappa shape index (κ1) is 40.0. The molecule has 0 fully saturated rings. The fourth-order valence-corrected chi connectivity index (χ4v) is 4.42. The molecule has 0 aliphatic rings. The molecule has 0 aliphatic carbocycles. The zero-order valence-electron chi connectivity index (χ0n) is 26.7. The van der Waals surface area contributed by atoms with Crippen molar-refractivity contribution in [1.82, 2.24) is 5.32 Å². The summed E-state index contributed by atoms with van der Waals surface area (Å²) >= 11 is 0. The molecule has 0 heterocycles. The topological polar surface area (TPSA) is 110 Å². The number of amides is 1. The van der Waals surface area contributed by atoms with Gasteiger partial charge in [0.2, 0.25) is 5.91 Å². The van der Waals surface area contributed by atoms with Crippen molar-refractivity contribution >= 4 is 5.91 Å². The zero-order valence-corrected chi connectivity index (χ0v) is 26.7. The van der Waals surface area contributed by atoms with Gasteiger partial charge >= 0.3 is 0 Å². The van der Waals surface area contributed by atoms with Gasteiger partial charge in [-0.3, -0.25) is 4.79 Å². The van der Waals surface area contributed by atoms with Crippen LogP contribution in [0.25, 0.3) is 0 Å². The monoisotopic (exact) mass is 589 g/mol. The van der Waals surface area contributed by atoms with Crippen molar-refractivity contribution in [2.24, 2.45) is 0 Å². The summed E-state index contributed by atoms with van der Waals surface area (Å²) in [4.78, 5) is 12.3. The Labute approximate surface area is 257 Å². The van der Waals surface area contributed by atoms with Gasteiger partial charge in [0.25, 0.3) is 0 Å². The predicted molar refractivity (Wildman–Crippen MR) is 177 cm³/mol. The highest BCUT2D eigenvalue weighted by molar-refractivity contribution is 5.81. The highest BCUT2D eigenvalue weighted by Gasteiger charge is 2.28. The van der Waals surface area contributed by atoms with E-state index < -0.39 is 36.9 Å². The second-order valence-corrected chi connectivity index (χ2v) is 11.1. The lowest BCUT2D eigenvalue weighted by Crippen LogP contribution is -2.52. The highest BCUT2D eigenvalue weighted by Crippen LogP contribution is 2.11. The molecule has 242 valence electrons. The van der Waals surface area contributed by atoms with Crippen molar-refractivity contribution in [3.05, 3.63) is 60.8 Å². The molecule has 0 aromatic carbocycles. The van der Waals surface area contributed by atoms with E-state index in [9.17, 15) is 25.2 Å². The molecule has 4 unspecified atom stereocenters. The predicted octanol–water partition coefficient (Wildman–Crippen LogP) is 7.39. The maximum atomic E-state index is 12.3. The lowest BCUT2D eigenvalue weighted by atomic mass is 10.0. The minimum atomic E-state index is -1.32. The van der Waals surface area contributed by atoms with Crippen LogP contribution >= 0.6 is 0 Å². The van der Waals surface area contributed by atoms with Crippen molar-refractivity contribution in [3.63, 3.8) is 0 Å². The maximum Gasteiger partial charge on any atom is 0.249 e. The van der Waals surface area contributed by atoms with E-state index in [1.807, 2.05) is 6.08 Å². The third kappa shape index (κ3) is 24.6. The second-order valence-electron chi connectivity index (χ2n) is 11.1. The molecule has 6 heteroatoms. The average molecular weight is 590 g/mol. The van der Waals surface area contributed by atoms with Gasteiger partial charge < -0.3 is 25.7 Å². The summed E-state index contributed by atoms with van der Waals surface area (Å²) in [6.07, 6.45) is 35.4. The van der Waals surface area contributed by atoms with E-state index in [4.69, 9.17) is 0 Å². The standard InChI is InChI=1S/C36H63NO5/c1-3-5-7-9-11-13-15-17-18-20-21-23-25-27-29-33(39)35(41)32(31-38)37-36(42)34(40)30-28-26-24-22-19-16-14-12-10-8-6-4-2/h7,9,15,17,19,21-23,26,28,32-35,38-41H,3-6,8,10-14,16,18,20,24-25,27,29-31H2,1-2H3,(H,37,42)/b9-7+,17-15+,22-19-,23-21+,28-26-. The van der Waals surface area contributed by atoms with Gasteiger partial charge in [0.05, 0.1) is 18.8 Å². The molecule has 0 aromatic heterocycles. The molecule has 0 aliphatic heterocycles. The fraction of sp³-hybridized carbons (Fsp3) is 0.694. The summed E-state index contributed by atoms with van der Waals surface area (Å²) in [6, 6.07) is -1.04. The summed E-state index contributed by atoms with van der Waals surface area (Å²) in [5, 5.41) is 43.1. The van der Waals surface area contributed by atoms with Crippen LogP contribution in [0.15, 0.2) is 60.8 Å². The van der Waals surface area contributed by atoms with Crippen LogP contribution in [0.5, 0.6) is 0 Å². The molecule has 0 saturated heterocycles. The number of nitrogens with one attached hydrogen (secondary N) is 1. The Morgan fingerprint density at radius 1 is 0.619 bits per heavy atom. The summed E-state index contributed by atoms with van der Waals surface area (Å²) in [6.45, 7) is 3.88. The third-order valence-electron chi connectivity index (χ3n) is 7.15. The van der Waals surface area contributed by atoms with Gasteiger partial charge in [0, 0.05) is 6.42 Å². The Balaban J connectivity index is 4.08. The molecule has 42 heavy (non-hydrogen) atoms. The Bertz CT molecular complexity index is 758. The van der Waals surface area contributed by atoms with Gasteiger partial charge in [-0.25, -0.2) is 0 Å². The number of carbonyl (C=O) groups excluding carboxylic acids is 1. The fourth-order valence-electron chi connectivity index (χ4n) is 4.42. The molecule has 0 aromatic rings. The van der Waals surface area contributed by atoms with Crippen LogP contribution in [-0.2, 0) is 4.79 Å². The highest BCUT2D eigenvalue weighted by atomic mass is 16.3. The Hall–Kier alpha value is -1.99. The van der Waals surface area contributed by atoms with E-state index in [1.165, 1.54) is 44.9 Å². The van der Waals surface area contributed by atoms with Gasteiger partial charge in [-0.1, -0.05) is 113 Å². The van der Waals surface area contributed by atoms with Crippen molar-refractivity contribution in [1.29, 1.82) is 0 Å². The van der Waals surface area contributed by atoms with E-state index in [1.54, 1.807) is 6.08 Å². The molecule has 0 bridgehead atoms. The molecule has 5 N–H and O–H groups in total. The number of aliphatic hydroxyl groups excluding tert-OH is 4. The maximum absolute atomic E-state index is 12.3. The summed E-state index contributed by atoms with van der Waals surface area (Å²) in [5.41, 5.74) is 0. The van der Waals surface area contributed by atoms with Crippen LogP contribution < -0.4 is 5.32 Å². The van der Waals surface area contributed by atoms with E-state index in [0.29, 0.717) is 12.8 Å². The Morgan fingerprint density at radius 3 is 1.76 bits per heavy atom. The van der Waals surface area contributed by atoms with Crippen LogP contribution in [0, 0.1) is 0 Å². The number of hydrogen-bond donors (Lipinski definition) is 5. The van der Waals surface area contributed by atoms with Crippen LogP contribution in [0.1, 0.15) is 129 Å². The van der Waals surface area contributed by atoms with Crippen molar-refractivity contribution in [3.8, 4) is 0 Å². The summed E-state index contributed by atoms with van der Waals surface area (Å²) in [7, 11) is 0. The number of hydrogen-bond acceptors (Lipinski definition) is 5. The van der Waals surface area contributed by atoms with E-state index in [2.05, 4.69) is 67.8 Å². The molecule has 6 nitrogen and oxygen atoms in total. The van der Waals surface area contributed by atoms with Gasteiger partial charge in [-0.05, 0) is 70.6 Å². The SMILES string of the molecule is CCC/C=C/CC/C=C/CC/C=C/CCCC(O)C(O)C(CO)NC(=O)C(O)C/C=C\C/C=C\CCCCCCCC. The third-order valence-corrected chi connectivity index (χ3v) is 7.15.